The third kappa shape index (κ3) is 5.38. The molecule has 11 aromatic rings. The molecular weight excluding hydrogens is 717 g/mol. The highest BCUT2D eigenvalue weighted by molar-refractivity contribution is 6.17. The molecule has 0 spiro atoms. The largest absolute Gasteiger partial charge is 0.374 e. The minimum Gasteiger partial charge on any atom is -0.374 e. The third-order valence-electron chi connectivity index (χ3n) is 12.0. The molecule has 0 fully saturated rings. The second kappa shape index (κ2) is 13.4. The molecule has 0 radical (unpaired) electrons. The van der Waals surface area contributed by atoms with E-state index in [4.69, 9.17) is 9.97 Å². The van der Waals surface area contributed by atoms with E-state index in [1.54, 1.807) is 0 Å². The fourth-order valence-corrected chi connectivity index (χ4v) is 9.31. The number of nitrogens with zero attached hydrogens (tertiary/aromatic N) is 3. The van der Waals surface area contributed by atoms with Crippen LogP contribution >= 0.6 is 0 Å². The molecule has 276 valence electrons. The Bertz CT molecular complexity index is 3410. The number of hydrogen-bond acceptors (Lipinski definition) is 3. The lowest BCUT2D eigenvalue weighted by atomic mass is 9.83. The number of fused-ring (bicyclic) bond motifs is 10. The molecule has 1 unspecified atom stereocenters. The Balaban J connectivity index is 1.08. The van der Waals surface area contributed by atoms with Crippen LogP contribution in [0.25, 0.3) is 94.1 Å². The van der Waals surface area contributed by atoms with Gasteiger partial charge in [-0.15, -0.1) is 0 Å². The van der Waals surface area contributed by atoms with Crippen molar-refractivity contribution in [3.05, 3.63) is 217 Å². The lowest BCUT2D eigenvalue weighted by Crippen LogP contribution is -2.18. The summed E-state index contributed by atoms with van der Waals surface area (Å²) in [5, 5.41) is 8.60. The molecular formula is C55H36N4. The first-order chi connectivity index (χ1) is 29.3. The van der Waals surface area contributed by atoms with E-state index in [2.05, 4.69) is 210 Å². The Hall–Kier alpha value is -7.82. The number of aromatic nitrogens is 3. The van der Waals surface area contributed by atoms with E-state index in [9.17, 15) is 0 Å². The molecule has 3 aromatic heterocycles. The van der Waals surface area contributed by atoms with Crippen molar-refractivity contribution in [1.82, 2.24) is 14.5 Å². The summed E-state index contributed by atoms with van der Waals surface area (Å²) in [6.07, 6.45) is 0. The Morgan fingerprint density at radius 2 is 1.03 bits per heavy atom. The summed E-state index contributed by atoms with van der Waals surface area (Å²) in [6, 6.07) is 73.8. The lowest BCUT2D eigenvalue weighted by Gasteiger charge is -2.31. The number of nitrogens with one attached hydrogen (secondary N) is 1. The predicted molar refractivity (Wildman–Crippen MR) is 245 cm³/mol. The maximum absolute atomic E-state index is 5.33. The van der Waals surface area contributed by atoms with Crippen molar-refractivity contribution in [2.75, 3.05) is 5.32 Å². The molecule has 1 aliphatic heterocycles. The zero-order chi connectivity index (χ0) is 38.9. The first-order valence-corrected chi connectivity index (χ1v) is 20.2. The van der Waals surface area contributed by atoms with Gasteiger partial charge in [0.1, 0.15) is 0 Å². The number of para-hydroxylation sites is 3. The Morgan fingerprint density at radius 3 is 1.80 bits per heavy atom. The van der Waals surface area contributed by atoms with Gasteiger partial charge < -0.3 is 9.88 Å². The van der Waals surface area contributed by atoms with Gasteiger partial charge in [0.15, 0.2) is 0 Å². The Morgan fingerprint density at radius 1 is 0.441 bits per heavy atom. The molecule has 0 amide bonds. The van der Waals surface area contributed by atoms with Crippen molar-refractivity contribution in [1.29, 1.82) is 0 Å². The van der Waals surface area contributed by atoms with Gasteiger partial charge in [0.2, 0.25) is 0 Å². The van der Waals surface area contributed by atoms with Crippen molar-refractivity contribution < 1.29 is 0 Å². The van der Waals surface area contributed by atoms with Gasteiger partial charge in [-0.05, 0) is 64.7 Å². The number of anilines is 1. The monoisotopic (exact) mass is 752 g/mol. The molecule has 0 bridgehead atoms. The standard InChI is InChI=1S/C55H36N4/c1-4-14-35(15-5-1)46-31-28-37-26-27-38-29-32-47(57-54(38)53(37)56-46)40-19-12-18-39(34-40)42-23-13-24-45-50-49(59(55(42)45)41-20-8-3-9-21-41)33-30-44-43-22-10-11-25-48(43)58-52(51(44)50)36-16-6-2-7-17-36/h1-34,52,58H. The van der Waals surface area contributed by atoms with Crippen LogP contribution in [0.1, 0.15) is 17.2 Å². The summed E-state index contributed by atoms with van der Waals surface area (Å²) in [7, 11) is 0. The first-order valence-electron chi connectivity index (χ1n) is 20.2. The molecule has 8 aromatic carbocycles. The van der Waals surface area contributed by atoms with Crippen LogP contribution in [0.2, 0.25) is 0 Å². The van der Waals surface area contributed by atoms with Crippen LogP contribution in [0.15, 0.2) is 206 Å². The molecule has 1 atom stereocenters. The Kier molecular flexibility index (Phi) is 7.57. The van der Waals surface area contributed by atoms with Crippen molar-refractivity contribution in [3.63, 3.8) is 0 Å². The van der Waals surface area contributed by atoms with Crippen LogP contribution in [-0.4, -0.2) is 14.5 Å². The zero-order valence-corrected chi connectivity index (χ0v) is 32.0. The van der Waals surface area contributed by atoms with Gasteiger partial charge >= 0.3 is 0 Å². The minimum absolute atomic E-state index is 0.0278. The van der Waals surface area contributed by atoms with E-state index >= 15 is 0 Å². The molecule has 1 N–H and O–H groups in total. The lowest BCUT2D eigenvalue weighted by molar-refractivity contribution is 0.941. The SMILES string of the molecule is c1ccc(-c2ccc3ccc4ccc(-c5cccc(-c6cccc7c8c9c(ccc8n(-c8ccccc8)c67)-c6ccccc6NC9c6ccccc6)c5)nc4c3n2)cc1. The zero-order valence-electron chi connectivity index (χ0n) is 32.0. The van der Waals surface area contributed by atoms with Crippen LogP contribution < -0.4 is 5.32 Å². The highest BCUT2D eigenvalue weighted by Gasteiger charge is 2.30. The van der Waals surface area contributed by atoms with Crippen molar-refractivity contribution in [3.8, 4) is 50.5 Å². The van der Waals surface area contributed by atoms with Gasteiger partial charge in [0.25, 0.3) is 0 Å². The van der Waals surface area contributed by atoms with Crippen LogP contribution in [0.5, 0.6) is 0 Å². The summed E-state index contributed by atoms with van der Waals surface area (Å²) >= 11 is 0. The Labute approximate surface area is 341 Å². The van der Waals surface area contributed by atoms with Crippen molar-refractivity contribution in [2.45, 2.75) is 6.04 Å². The van der Waals surface area contributed by atoms with Crippen molar-refractivity contribution in [2.24, 2.45) is 0 Å². The average molecular weight is 753 g/mol. The van der Waals surface area contributed by atoms with Gasteiger partial charge in [-0.1, -0.05) is 164 Å². The highest BCUT2D eigenvalue weighted by Crippen LogP contribution is 2.50. The summed E-state index contributed by atoms with van der Waals surface area (Å²) in [4.78, 5) is 10.5. The first kappa shape index (κ1) is 33.3. The van der Waals surface area contributed by atoms with E-state index in [-0.39, 0.29) is 6.04 Å². The quantitative estimate of drug-likeness (QED) is 0.178. The smallest absolute Gasteiger partial charge is 0.0972 e. The van der Waals surface area contributed by atoms with Gasteiger partial charge in [-0.25, -0.2) is 9.97 Å². The minimum atomic E-state index is -0.0278. The van der Waals surface area contributed by atoms with Crippen LogP contribution in [0, 0.1) is 0 Å². The van der Waals surface area contributed by atoms with Gasteiger partial charge in [-0.2, -0.15) is 0 Å². The summed E-state index contributed by atoms with van der Waals surface area (Å²) in [6.45, 7) is 0. The van der Waals surface area contributed by atoms with Crippen LogP contribution in [0.4, 0.5) is 5.69 Å². The maximum atomic E-state index is 5.33. The molecule has 59 heavy (non-hydrogen) atoms. The molecule has 1 aliphatic rings. The van der Waals surface area contributed by atoms with Gasteiger partial charge in [0, 0.05) is 55.2 Å². The normalized spacial score (nSPS) is 13.4. The van der Waals surface area contributed by atoms with E-state index in [1.807, 2.05) is 6.07 Å². The average Bonchev–Trinajstić information content (AvgIpc) is 3.66. The number of benzene rings is 8. The van der Waals surface area contributed by atoms with Crippen LogP contribution in [-0.2, 0) is 0 Å². The molecule has 0 saturated carbocycles. The molecule has 4 nitrogen and oxygen atoms in total. The van der Waals surface area contributed by atoms with Gasteiger partial charge in [-0.3, -0.25) is 0 Å². The fourth-order valence-electron chi connectivity index (χ4n) is 9.31. The molecule has 0 aliphatic carbocycles. The third-order valence-corrected chi connectivity index (χ3v) is 12.0. The van der Waals surface area contributed by atoms with Gasteiger partial charge in [0.05, 0.1) is 39.5 Å². The van der Waals surface area contributed by atoms with E-state index in [0.29, 0.717) is 0 Å². The second-order valence-corrected chi connectivity index (χ2v) is 15.4. The van der Waals surface area contributed by atoms with E-state index in [1.165, 1.54) is 49.6 Å². The molecule has 4 heterocycles. The van der Waals surface area contributed by atoms with E-state index < -0.39 is 0 Å². The number of rotatable bonds is 5. The van der Waals surface area contributed by atoms with Crippen molar-refractivity contribution >= 4 is 49.3 Å². The number of pyridine rings is 2. The predicted octanol–water partition coefficient (Wildman–Crippen LogP) is 14.1. The van der Waals surface area contributed by atoms with Crippen LogP contribution in [0.3, 0.4) is 0 Å². The molecule has 0 saturated heterocycles. The highest BCUT2D eigenvalue weighted by atomic mass is 15.0. The molecule has 4 heteroatoms. The summed E-state index contributed by atoms with van der Waals surface area (Å²) in [5.41, 5.74) is 17.8. The summed E-state index contributed by atoms with van der Waals surface area (Å²) in [5.74, 6) is 0. The summed E-state index contributed by atoms with van der Waals surface area (Å²) < 4.78 is 2.46. The van der Waals surface area contributed by atoms with E-state index in [0.717, 1.165) is 61.3 Å². The fraction of sp³-hybridized carbons (Fsp3) is 0.0182. The maximum Gasteiger partial charge on any atom is 0.0972 e. The molecule has 12 rings (SSSR count). The second-order valence-electron chi connectivity index (χ2n) is 15.4. The topological polar surface area (TPSA) is 42.7 Å². The number of hydrogen-bond donors (Lipinski definition) is 1.